The quantitative estimate of drug-likeness (QED) is 0.376. The molecule has 0 saturated carbocycles. The zero-order valence-corrected chi connectivity index (χ0v) is 12.8. The normalized spacial score (nSPS) is 16.2. The first-order valence-electron chi connectivity index (χ1n) is 4.21. The van der Waals surface area contributed by atoms with Crippen molar-refractivity contribution in [2.75, 3.05) is 14.2 Å². The van der Waals surface area contributed by atoms with Gasteiger partial charge in [0.25, 0.3) is 0 Å². The minimum atomic E-state index is -0.439. The van der Waals surface area contributed by atoms with Crippen LogP contribution >= 0.6 is 0 Å². The van der Waals surface area contributed by atoms with Crippen LogP contribution in [-0.2, 0) is 17.0 Å². The summed E-state index contributed by atoms with van der Waals surface area (Å²) in [5.41, 5.74) is 0. The van der Waals surface area contributed by atoms with Crippen molar-refractivity contribution in [2.24, 2.45) is 0 Å². The van der Waals surface area contributed by atoms with Gasteiger partial charge in [0.05, 0.1) is 0 Å². The third-order valence-electron chi connectivity index (χ3n) is 1.91. The van der Waals surface area contributed by atoms with Crippen LogP contribution in [0.5, 0.6) is 0 Å². The Balaban J connectivity index is 4.50. The molecule has 14 heavy (non-hydrogen) atoms. The van der Waals surface area contributed by atoms with E-state index in [1.54, 1.807) is 14.0 Å². The molecule has 2 unspecified atom stereocenters. The van der Waals surface area contributed by atoms with Gasteiger partial charge in [-0.1, -0.05) is 0 Å². The van der Waals surface area contributed by atoms with E-state index >= 15 is 0 Å². The van der Waals surface area contributed by atoms with Gasteiger partial charge in [-0.2, -0.15) is 0 Å². The molecule has 0 amide bonds. The number of methoxy groups -OCH3 is 2. The van der Waals surface area contributed by atoms with E-state index in [-0.39, 0.29) is 11.9 Å². The Morgan fingerprint density at radius 2 is 1.71 bits per heavy atom. The molecule has 2 atom stereocenters. The van der Waals surface area contributed by atoms with Crippen molar-refractivity contribution in [3.8, 4) is 0 Å². The zero-order valence-electron chi connectivity index (χ0n) is 8.87. The minimum absolute atomic E-state index is 0.109. The van der Waals surface area contributed by atoms with Crippen molar-refractivity contribution in [3.63, 3.8) is 0 Å². The molecule has 0 saturated heterocycles. The van der Waals surface area contributed by atoms with Gasteiger partial charge in [0.15, 0.2) is 0 Å². The van der Waals surface area contributed by atoms with Gasteiger partial charge < -0.3 is 0 Å². The fourth-order valence-corrected chi connectivity index (χ4v) is 1.59. The molecule has 0 fully saturated rings. The molecule has 0 aliphatic carbocycles. The maximum atomic E-state index is 11.4. The van der Waals surface area contributed by atoms with Gasteiger partial charge in [-0.15, -0.1) is 0 Å². The molecule has 0 heterocycles. The molecule has 0 bridgehead atoms. The Hall–Kier alpha value is 0.0521. The van der Waals surface area contributed by atoms with Crippen LogP contribution in [0.15, 0.2) is 11.8 Å². The first-order chi connectivity index (χ1) is 6.56. The van der Waals surface area contributed by atoms with E-state index in [4.69, 9.17) is 12.2 Å². The summed E-state index contributed by atoms with van der Waals surface area (Å²) >= 11 is 0.536. The molecular weight excluding hydrogens is 379 g/mol. The average Bonchev–Trinajstić information content (AvgIpc) is 2.22. The molecule has 0 aromatic rings. The van der Waals surface area contributed by atoms with Crippen molar-refractivity contribution in [3.05, 3.63) is 11.8 Å². The summed E-state index contributed by atoms with van der Waals surface area (Å²) < 4.78 is 15.1. The van der Waals surface area contributed by atoms with Gasteiger partial charge in [0.1, 0.15) is 0 Å². The maximum absolute atomic E-state index is 11.4. The van der Waals surface area contributed by atoms with Gasteiger partial charge in [0.2, 0.25) is 0 Å². The van der Waals surface area contributed by atoms with Crippen LogP contribution in [0, 0.1) is 0 Å². The summed E-state index contributed by atoms with van der Waals surface area (Å²) in [5, 5.41) is 0. The number of carbonyl (C=O) groups excluding carboxylic acids is 1. The molecule has 5 heteroatoms. The summed E-state index contributed by atoms with van der Waals surface area (Å²) in [7, 11) is 3.07. The van der Waals surface area contributed by atoms with E-state index in [0.717, 1.165) is 0 Å². The molecule has 79 valence electrons. The van der Waals surface area contributed by atoms with E-state index in [1.807, 2.05) is 6.92 Å². The van der Waals surface area contributed by atoms with Crippen LogP contribution in [0.25, 0.3) is 0 Å². The van der Waals surface area contributed by atoms with Gasteiger partial charge in [0, 0.05) is 0 Å². The topological polar surface area (TPSA) is 44.8 Å². The third-order valence-corrected chi connectivity index (χ3v) is 2.83. The number of carbonyl (C=O) groups is 1. The van der Waals surface area contributed by atoms with Crippen LogP contribution < -0.4 is 0 Å². The first kappa shape index (κ1) is 14.1. The van der Waals surface area contributed by atoms with Gasteiger partial charge in [-0.25, -0.2) is 0 Å². The second-order valence-electron chi connectivity index (χ2n) is 2.81. The SMILES string of the molecule is COC(C)C(=O)C=C([O][Pb])C(C)OC. The zero-order chi connectivity index (χ0) is 11.1. The third kappa shape index (κ3) is 4.52. The number of rotatable bonds is 6. The van der Waals surface area contributed by atoms with E-state index in [0.29, 0.717) is 32.0 Å². The Morgan fingerprint density at radius 1 is 1.21 bits per heavy atom. The number of hydrogen-bond acceptors (Lipinski definition) is 4. The molecule has 0 aromatic heterocycles. The summed E-state index contributed by atoms with van der Waals surface area (Å²) in [5.74, 6) is 0.454. The van der Waals surface area contributed by atoms with Crippen molar-refractivity contribution >= 4 is 32.0 Å². The molecule has 4 nitrogen and oxygen atoms in total. The molecule has 0 aromatic carbocycles. The molecule has 0 N–H and O–H groups in total. The molecular formula is C9H15O4Pb. The van der Waals surface area contributed by atoms with Crippen LogP contribution in [0.4, 0.5) is 0 Å². The van der Waals surface area contributed by atoms with Gasteiger partial charge in [-0.3, -0.25) is 0 Å². The van der Waals surface area contributed by atoms with Gasteiger partial charge in [-0.05, 0) is 0 Å². The molecule has 0 rings (SSSR count). The van der Waals surface area contributed by atoms with Crippen LogP contribution in [0.3, 0.4) is 0 Å². The standard InChI is InChI=1S/C9H16O4.Pb/c1-6(12-3)8(10)5-9(11)7(2)13-4;/h5-7,10H,1-4H3;/q;+1/p-1. The average molecular weight is 394 g/mol. The predicted octanol–water partition coefficient (Wildman–Crippen LogP) is 0.609. The Morgan fingerprint density at radius 3 is 2.07 bits per heavy atom. The summed E-state index contributed by atoms with van der Waals surface area (Å²) in [6.45, 7) is 3.52. The van der Waals surface area contributed by atoms with E-state index in [1.165, 1.54) is 13.2 Å². The van der Waals surface area contributed by atoms with Gasteiger partial charge >= 0.3 is 101 Å². The summed E-state index contributed by atoms with van der Waals surface area (Å²) in [6, 6.07) is 0. The monoisotopic (exact) mass is 395 g/mol. The second kappa shape index (κ2) is 7.36. The molecule has 3 radical (unpaired) electrons. The molecule has 0 aliphatic heterocycles. The van der Waals surface area contributed by atoms with E-state index in [2.05, 4.69) is 0 Å². The Labute approximate surface area is 101 Å². The van der Waals surface area contributed by atoms with Crippen LogP contribution in [0.2, 0.25) is 0 Å². The summed E-state index contributed by atoms with van der Waals surface area (Å²) in [4.78, 5) is 11.4. The molecule has 0 spiro atoms. The molecule has 0 aliphatic rings. The fourth-order valence-electron chi connectivity index (χ4n) is 0.720. The number of ketones is 1. The number of ether oxygens (including phenoxy) is 2. The Bertz CT molecular complexity index is 215. The first-order valence-corrected chi connectivity index (χ1v) is 5.80. The predicted molar refractivity (Wildman–Crippen MR) is 52.9 cm³/mol. The fraction of sp³-hybridized carbons (Fsp3) is 0.667. The van der Waals surface area contributed by atoms with Crippen molar-refractivity contribution < 1.29 is 17.0 Å². The van der Waals surface area contributed by atoms with Crippen LogP contribution in [-0.4, -0.2) is 58.4 Å². The van der Waals surface area contributed by atoms with Crippen molar-refractivity contribution in [1.29, 1.82) is 0 Å². The van der Waals surface area contributed by atoms with E-state index < -0.39 is 6.10 Å². The Kier molecular flexibility index (Phi) is 7.39. The summed E-state index contributed by atoms with van der Waals surface area (Å²) in [6.07, 6.45) is 0.807. The van der Waals surface area contributed by atoms with E-state index in [9.17, 15) is 4.79 Å². The van der Waals surface area contributed by atoms with Crippen molar-refractivity contribution in [1.82, 2.24) is 0 Å². The number of hydrogen-bond donors (Lipinski definition) is 0. The second-order valence-corrected chi connectivity index (χ2v) is 3.60. The van der Waals surface area contributed by atoms with Crippen LogP contribution in [0.1, 0.15) is 13.8 Å². The van der Waals surface area contributed by atoms with Crippen molar-refractivity contribution in [2.45, 2.75) is 26.1 Å².